The molecule has 2 unspecified atom stereocenters. The van der Waals surface area contributed by atoms with Crippen molar-refractivity contribution in [1.82, 2.24) is 0 Å². The van der Waals surface area contributed by atoms with E-state index >= 15 is 0 Å². The van der Waals surface area contributed by atoms with Gasteiger partial charge in [0.25, 0.3) is 0 Å². The summed E-state index contributed by atoms with van der Waals surface area (Å²) in [6.45, 7) is 4.50. The molecule has 0 heterocycles. The Labute approximate surface area is 115 Å². The van der Waals surface area contributed by atoms with Gasteiger partial charge in [-0.25, -0.2) is 4.79 Å². The smallest absolute Gasteiger partial charge is 0.338 e. The van der Waals surface area contributed by atoms with E-state index in [4.69, 9.17) is 4.74 Å². The van der Waals surface area contributed by atoms with Gasteiger partial charge in [-0.05, 0) is 56.4 Å². The molecule has 1 aliphatic carbocycles. The monoisotopic (exact) mass is 261 g/mol. The van der Waals surface area contributed by atoms with E-state index in [9.17, 15) is 4.79 Å². The van der Waals surface area contributed by atoms with Crippen LogP contribution < -0.4 is 5.32 Å². The lowest BCUT2D eigenvalue weighted by molar-refractivity contribution is 0.0526. The summed E-state index contributed by atoms with van der Waals surface area (Å²) in [5.41, 5.74) is 1.71. The molecule has 3 heteroatoms. The van der Waals surface area contributed by atoms with Crippen LogP contribution in [0.5, 0.6) is 0 Å². The molecule has 19 heavy (non-hydrogen) atoms. The number of ether oxygens (including phenoxy) is 1. The van der Waals surface area contributed by atoms with Crippen LogP contribution in [0.15, 0.2) is 24.3 Å². The van der Waals surface area contributed by atoms with E-state index in [-0.39, 0.29) is 5.97 Å². The van der Waals surface area contributed by atoms with E-state index in [0.29, 0.717) is 18.2 Å². The van der Waals surface area contributed by atoms with Crippen molar-refractivity contribution < 1.29 is 9.53 Å². The molecule has 0 bridgehead atoms. The van der Waals surface area contributed by atoms with Crippen molar-refractivity contribution in [2.75, 3.05) is 11.9 Å². The SMILES string of the molecule is CCOC(=O)c1ccc(NC2CCC(CC)C2)cc1. The number of carbonyl (C=O) groups is 1. The van der Waals surface area contributed by atoms with E-state index < -0.39 is 0 Å². The Balaban J connectivity index is 1.90. The number of rotatable bonds is 5. The zero-order valence-electron chi connectivity index (χ0n) is 11.8. The summed E-state index contributed by atoms with van der Waals surface area (Å²) in [5, 5.41) is 3.55. The van der Waals surface area contributed by atoms with Gasteiger partial charge in [-0.1, -0.05) is 13.3 Å². The van der Waals surface area contributed by atoms with Crippen LogP contribution in [0.3, 0.4) is 0 Å². The fraction of sp³-hybridized carbons (Fsp3) is 0.562. The minimum absolute atomic E-state index is 0.249. The first-order valence-electron chi connectivity index (χ1n) is 7.26. The molecule has 1 fully saturated rings. The lowest BCUT2D eigenvalue weighted by Crippen LogP contribution is -2.15. The largest absolute Gasteiger partial charge is 0.462 e. The molecular weight excluding hydrogens is 238 g/mol. The highest BCUT2D eigenvalue weighted by Gasteiger charge is 2.22. The number of carbonyl (C=O) groups excluding carboxylic acids is 1. The Hall–Kier alpha value is -1.51. The first-order chi connectivity index (χ1) is 9.22. The standard InChI is InChI=1S/C16H23NO2/c1-3-12-5-8-15(11-12)17-14-9-6-13(7-10-14)16(18)19-4-2/h6-7,9-10,12,15,17H,3-5,8,11H2,1-2H3. The van der Waals surface area contributed by atoms with Crippen molar-refractivity contribution >= 4 is 11.7 Å². The summed E-state index contributed by atoms with van der Waals surface area (Å²) >= 11 is 0. The van der Waals surface area contributed by atoms with Crippen LogP contribution in [-0.2, 0) is 4.74 Å². The minimum Gasteiger partial charge on any atom is -0.462 e. The Morgan fingerprint density at radius 2 is 2.00 bits per heavy atom. The Morgan fingerprint density at radius 1 is 1.26 bits per heavy atom. The highest BCUT2D eigenvalue weighted by molar-refractivity contribution is 5.89. The maximum atomic E-state index is 11.5. The Kier molecular flexibility index (Phi) is 4.83. The third-order valence-corrected chi connectivity index (χ3v) is 3.89. The molecule has 0 radical (unpaired) electrons. The molecule has 1 aromatic carbocycles. The molecule has 0 aromatic heterocycles. The van der Waals surface area contributed by atoms with Crippen LogP contribution in [0.25, 0.3) is 0 Å². The highest BCUT2D eigenvalue weighted by Crippen LogP contribution is 2.30. The van der Waals surface area contributed by atoms with Gasteiger partial charge in [0.2, 0.25) is 0 Å². The van der Waals surface area contributed by atoms with E-state index in [1.165, 1.54) is 25.7 Å². The maximum Gasteiger partial charge on any atom is 0.338 e. The first kappa shape index (κ1) is 13.9. The fourth-order valence-electron chi connectivity index (χ4n) is 2.73. The number of hydrogen-bond donors (Lipinski definition) is 1. The third kappa shape index (κ3) is 3.72. The Bertz CT molecular complexity index is 413. The molecule has 2 rings (SSSR count). The summed E-state index contributed by atoms with van der Waals surface area (Å²) in [5.74, 6) is 0.622. The van der Waals surface area contributed by atoms with Gasteiger partial charge in [-0.3, -0.25) is 0 Å². The summed E-state index contributed by atoms with van der Waals surface area (Å²) in [4.78, 5) is 11.5. The van der Waals surface area contributed by atoms with Crippen LogP contribution in [-0.4, -0.2) is 18.6 Å². The number of benzene rings is 1. The fourth-order valence-corrected chi connectivity index (χ4v) is 2.73. The second-order valence-corrected chi connectivity index (χ2v) is 5.23. The summed E-state index contributed by atoms with van der Waals surface area (Å²) in [6.07, 6.45) is 5.11. The first-order valence-corrected chi connectivity index (χ1v) is 7.26. The molecule has 1 aromatic rings. The van der Waals surface area contributed by atoms with Crippen LogP contribution in [0.1, 0.15) is 49.9 Å². The van der Waals surface area contributed by atoms with Gasteiger partial charge in [-0.2, -0.15) is 0 Å². The van der Waals surface area contributed by atoms with E-state index in [0.717, 1.165) is 11.6 Å². The van der Waals surface area contributed by atoms with Crippen LogP contribution >= 0.6 is 0 Å². The third-order valence-electron chi connectivity index (χ3n) is 3.89. The zero-order chi connectivity index (χ0) is 13.7. The summed E-state index contributed by atoms with van der Waals surface area (Å²) < 4.78 is 4.97. The van der Waals surface area contributed by atoms with Crippen molar-refractivity contribution in [2.24, 2.45) is 5.92 Å². The Morgan fingerprint density at radius 3 is 2.58 bits per heavy atom. The van der Waals surface area contributed by atoms with Gasteiger partial charge in [0.05, 0.1) is 12.2 Å². The molecule has 2 atom stereocenters. The quantitative estimate of drug-likeness (QED) is 0.818. The molecule has 1 saturated carbocycles. The minimum atomic E-state index is -0.249. The average Bonchev–Trinajstić information content (AvgIpc) is 2.87. The zero-order valence-corrected chi connectivity index (χ0v) is 11.8. The summed E-state index contributed by atoms with van der Waals surface area (Å²) in [7, 11) is 0. The van der Waals surface area contributed by atoms with Crippen molar-refractivity contribution in [1.29, 1.82) is 0 Å². The molecule has 3 nitrogen and oxygen atoms in total. The number of hydrogen-bond acceptors (Lipinski definition) is 3. The second kappa shape index (κ2) is 6.60. The van der Waals surface area contributed by atoms with Gasteiger partial charge in [0.15, 0.2) is 0 Å². The predicted molar refractivity (Wildman–Crippen MR) is 77.4 cm³/mol. The number of nitrogens with one attached hydrogen (secondary N) is 1. The maximum absolute atomic E-state index is 11.5. The molecule has 104 valence electrons. The number of esters is 1. The lowest BCUT2D eigenvalue weighted by atomic mass is 10.1. The van der Waals surface area contributed by atoms with Gasteiger partial charge < -0.3 is 10.1 Å². The average molecular weight is 261 g/mol. The van der Waals surface area contributed by atoms with Gasteiger partial charge in [0, 0.05) is 11.7 Å². The molecule has 0 amide bonds. The molecule has 0 spiro atoms. The molecule has 0 saturated heterocycles. The number of anilines is 1. The van der Waals surface area contributed by atoms with Crippen molar-refractivity contribution in [3.05, 3.63) is 29.8 Å². The lowest BCUT2D eigenvalue weighted by Gasteiger charge is -2.14. The van der Waals surface area contributed by atoms with Crippen molar-refractivity contribution in [3.63, 3.8) is 0 Å². The molecule has 1 N–H and O–H groups in total. The molecule has 1 aliphatic rings. The van der Waals surface area contributed by atoms with Crippen molar-refractivity contribution in [3.8, 4) is 0 Å². The summed E-state index contributed by atoms with van der Waals surface area (Å²) in [6, 6.07) is 8.16. The van der Waals surface area contributed by atoms with Crippen LogP contribution in [0.2, 0.25) is 0 Å². The predicted octanol–water partition coefficient (Wildman–Crippen LogP) is 3.85. The van der Waals surface area contributed by atoms with E-state index in [1.807, 2.05) is 31.2 Å². The van der Waals surface area contributed by atoms with Gasteiger partial charge >= 0.3 is 5.97 Å². The van der Waals surface area contributed by atoms with E-state index in [1.54, 1.807) is 0 Å². The van der Waals surface area contributed by atoms with Crippen LogP contribution in [0.4, 0.5) is 5.69 Å². The normalized spacial score (nSPS) is 22.2. The van der Waals surface area contributed by atoms with Crippen LogP contribution in [0, 0.1) is 5.92 Å². The van der Waals surface area contributed by atoms with Crippen molar-refractivity contribution in [2.45, 2.75) is 45.6 Å². The van der Waals surface area contributed by atoms with Gasteiger partial charge in [0.1, 0.15) is 0 Å². The van der Waals surface area contributed by atoms with E-state index in [2.05, 4.69) is 12.2 Å². The van der Waals surface area contributed by atoms with Gasteiger partial charge in [-0.15, -0.1) is 0 Å². The molecule has 0 aliphatic heterocycles. The highest BCUT2D eigenvalue weighted by atomic mass is 16.5. The molecular formula is C16H23NO2. The topological polar surface area (TPSA) is 38.3 Å². The second-order valence-electron chi connectivity index (χ2n) is 5.23.